The number of nitrogens with zero attached hydrogens (tertiary/aromatic N) is 2. The van der Waals surface area contributed by atoms with Crippen LogP contribution in [0.15, 0.2) is 18.3 Å². The number of anilines is 1. The molecule has 3 heteroatoms. The van der Waals surface area contributed by atoms with E-state index in [2.05, 4.69) is 48.2 Å². The topological polar surface area (TPSA) is 28.2 Å². The van der Waals surface area contributed by atoms with Crippen molar-refractivity contribution in [2.75, 3.05) is 19.0 Å². The summed E-state index contributed by atoms with van der Waals surface area (Å²) < 4.78 is 0. The van der Waals surface area contributed by atoms with Gasteiger partial charge in [0, 0.05) is 19.1 Å². The Hall–Kier alpha value is -1.09. The lowest BCUT2D eigenvalue weighted by molar-refractivity contribution is 0.340. The van der Waals surface area contributed by atoms with Gasteiger partial charge in [-0.1, -0.05) is 6.92 Å². The van der Waals surface area contributed by atoms with Crippen LogP contribution in [0.3, 0.4) is 0 Å². The second-order valence-electron chi connectivity index (χ2n) is 5.98. The Kier molecular flexibility index (Phi) is 4.81. The zero-order valence-electron chi connectivity index (χ0n) is 12.7. The quantitative estimate of drug-likeness (QED) is 0.900. The van der Waals surface area contributed by atoms with E-state index in [4.69, 9.17) is 0 Å². The molecule has 0 saturated heterocycles. The molecule has 1 aliphatic carbocycles. The first-order chi connectivity index (χ1) is 9.11. The Labute approximate surface area is 117 Å². The molecule has 1 aromatic heterocycles. The molecule has 1 heterocycles. The molecule has 1 atom stereocenters. The van der Waals surface area contributed by atoms with Crippen molar-refractivity contribution in [2.24, 2.45) is 5.92 Å². The molecule has 0 amide bonds. The predicted molar refractivity (Wildman–Crippen MR) is 81.5 cm³/mol. The molecule has 0 bridgehead atoms. The average molecular weight is 261 g/mol. The monoisotopic (exact) mass is 261 g/mol. The molecule has 2 rings (SSSR count). The van der Waals surface area contributed by atoms with E-state index in [0.717, 1.165) is 11.6 Å². The second kappa shape index (κ2) is 6.38. The largest absolute Gasteiger partial charge is 0.370 e. The lowest BCUT2D eigenvalue weighted by Crippen LogP contribution is -2.34. The fourth-order valence-electron chi connectivity index (χ4n) is 2.85. The molecule has 0 radical (unpaired) electrons. The fraction of sp³-hybridized carbons (Fsp3) is 0.688. The van der Waals surface area contributed by atoms with E-state index in [-0.39, 0.29) is 0 Å². The zero-order chi connectivity index (χ0) is 13.8. The Morgan fingerprint density at radius 3 is 2.47 bits per heavy atom. The SMILES string of the molecule is CNC(C)c1ccc(N(C)C2CCC(C)CC2)cn1. The highest BCUT2D eigenvalue weighted by Gasteiger charge is 2.22. The predicted octanol–water partition coefficient (Wildman–Crippen LogP) is 3.38. The van der Waals surface area contributed by atoms with E-state index in [1.54, 1.807) is 0 Å². The van der Waals surface area contributed by atoms with Gasteiger partial charge in [0.15, 0.2) is 0 Å². The molecule has 1 N–H and O–H groups in total. The Bertz CT molecular complexity index is 379. The molecule has 1 fully saturated rings. The van der Waals surface area contributed by atoms with Gasteiger partial charge in [-0.15, -0.1) is 0 Å². The van der Waals surface area contributed by atoms with Crippen molar-refractivity contribution in [1.29, 1.82) is 0 Å². The first kappa shape index (κ1) is 14.3. The molecule has 1 aromatic rings. The summed E-state index contributed by atoms with van der Waals surface area (Å²) in [6.45, 7) is 4.50. The van der Waals surface area contributed by atoms with Gasteiger partial charge >= 0.3 is 0 Å². The smallest absolute Gasteiger partial charge is 0.0571 e. The van der Waals surface area contributed by atoms with Crippen LogP contribution in [0, 0.1) is 5.92 Å². The second-order valence-corrected chi connectivity index (χ2v) is 5.98. The molecule has 19 heavy (non-hydrogen) atoms. The van der Waals surface area contributed by atoms with Gasteiger partial charge in [-0.2, -0.15) is 0 Å². The van der Waals surface area contributed by atoms with E-state index in [9.17, 15) is 0 Å². The maximum absolute atomic E-state index is 4.58. The summed E-state index contributed by atoms with van der Waals surface area (Å²) in [5.74, 6) is 0.904. The minimum Gasteiger partial charge on any atom is -0.370 e. The third kappa shape index (κ3) is 3.47. The van der Waals surface area contributed by atoms with Crippen molar-refractivity contribution in [1.82, 2.24) is 10.3 Å². The number of hydrogen-bond donors (Lipinski definition) is 1. The van der Waals surface area contributed by atoms with Crippen molar-refractivity contribution in [3.63, 3.8) is 0 Å². The molecule has 1 aliphatic rings. The minimum absolute atomic E-state index is 0.315. The van der Waals surface area contributed by atoms with Crippen LogP contribution in [0.1, 0.15) is 51.3 Å². The zero-order valence-corrected chi connectivity index (χ0v) is 12.7. The summed E-state index contributed by atoms with van der Waals surface area (Å²) in [6.07, 6.45) is 7.36. The number of hydrogen-bond acceptors (Lipinski definition) is 3. The summed E-state index contributed by atoms with van der Waals surface area (Å²) in [6, 6.07) is 5.34. The van der Waals surface area contributed by atoms with Crippen molar-refractivity contribution in [3.05, 3.63) is 24.0 Å². The van der Waals surface area contributed by atoms with Crippen molar-refractivity contribution in [2.45, 2.75) is 51.6 Å². The Morgan fingerprint density at radius 2 is 1.95 bits per heavy atom. The van der Waals surface area contributed by atoms with E-state index in [0.29, 0.717) is 12.1 Å². The average Bonchev–Trinajstić information content (AvgIpc) is 2.46. The van der Waals surface area contributed by atoms with Gasteiger partial charge < -0.3 is 10.2 Å². The van der Waals surface area contributed by atoms with Gasteiger partial charge in [-0.3, -0.25) is 4.98 Å². The van der Waals surface area contributed by atoms with Crippen LogP contribution in [-0.2, 0) is 0 Å². The minimum atomic E-state index is 0.315. The first-order valence-electron chi connectivity index (χ1n) is 7.48. The van der Waals surface area contributed by atoms with Crippen LogP contribution in [0.4, 0.5) is 5.69 Å². The van der Waals surface area contributed by atoms with Crippen LogP contribution in [-0.4, -0.2) is 25.1 Å². The molecule has 3 nitrogen and oxygen atoms in total. The molecule has 1 unspecified atom stereocenters. The molecule has 0 spiro atoms. The standard InChI is InChI=1S/C16H27N3/c1-12-5-7-14(8-6-12)19(4)15-9-10-16(18-11-15)13(2)17-3/h9-14,17H,5-8H2,1-4H3. The highest BCUT2D eigenvalue weighted by Crippen LogP contribution is 2.29. The van der Waals surface area contributed by atoms with Gasteiger partial charge in [-0.05, 0) is 57.7 Å². The third-order valence-corrected chi connectivity index (χ3v) is 4.59. The van der Waals surface area contributed by atoms with Crippen molar-refractivity contribution < 1.29 is 0 Å². The first-order valence-corrected chi connectivity index (χ1v) is 7.48. The summed E-state index contributed by atoms with van der Waals surface area (Å²) >= 11 is 0. The Morgan fingerprint density at radius 1 is 1.26 bits per heavy atom. The van der Waals surface area contributed by atoms with Gasteiger partial charge in [-0.25, -0.2) is 0 Å². The Balaban J connectivity index is 2.01. The van der Waals surface area contributed by atoms with E-state index in [1.165, 1.54) is 31.4 Å². The normalized spacial score (nSPS) is 25.1. The molecule has 106 valence electrons. The number of aromatic nitrogens is 1. The van der Waals surface area contributed by atoms with Crippen LogP contribution in [0.5, 0.6) is 0 Å². The molecular weight excluding hydrogens is 234 g/mol. The lowest BCUT2D eigenvalue weighted by atomic mass is 9.86. The molecule has 1 saturated carbocycles. The number of pyridine rings is 1. The highest BCUT2D eigenvalue weighted by molar-refractivity contribution is 5.45. The summed E-state index contributed by atoms with van der Waals surface area (Å²) in [5.41, 5.74) is 2.35. The van der Waals surface area contributed by atoms with Crippen LogP contribution >= 0.6 is 0 Å². The van der Waals surface area contributed by atoms with Gasteiger partial charge in [0.1, 0.15) is 0 Å². The molecule has 0 aliphatic heterocycles. The highest BCUT2D eigenvalue weighted by atomic mass is 15.1. The number of rotatable bonds is 4. The van der Waals surface area contributed by atoms with E-state index in [1.807, 2.05) is 13.2 Å². The summed E-state index contributed by atoms with van der Waals surface area (Å²) in [7, 11) is 4.18. The van der Waals surface area contributed by atoms with E-state index < -0.39 is 0 Å². The van der Waals surface area contributed by atoms with Gasteiger partial charge in [0.25, 0.3) is 0 Å². The van der Waals surface area contributed by atoms with Crippen molar-refractivity contribution >= 4 is 5.69 Å². The third-order valence-electron chi connectivity index (χ3n) is 4.59. The maximum atomic E-state index is 4.58. The number of nitrogens with one attached hydrogen (secondary N) is 1. The van der Waals surface area contributed by atoms with Crippen LogP contribution in [0.25, 0.3) is 0 Å². The fourth-order valence-corrected chi connectivity index (χ4v) is 2.85. The summed E-state index contributed by atoms with van der Waals surface area (Å²) in [5, 5.41) is 3.22. The molecular formula is C16H27N3. The van der Waals surface area contributed by atoms with Gasteiger partial charge in [0.05, 0.1) is 17.6 Å². The summed E-state index contributed by atoms with van der Waals surface area (Å²) in [4.78, 5) is 6.99. The lowest BCUT2D eigenvalue weighted by Gasteiger charge is -2.35. The van der Waals surface area contributed by atoms with Crippen molar-refractivity contribution in [3.8, 4) is 0 Å². The van der Waals surface area contributed by atoms with E-state index >= 15 is 0 Å². The van der Waals surface area contributed by atoms with Gasteiger partial charge in [0.2, 0.25) is 0 Å². The maximum Gasteiger partial charge on any atom is 0.0571 e. The van der Waals surface area contributed by atoms with Crippen LogP contribution < -0.4 is 10.2 Å². The van der Waals surface area contributed by atoms with Crippen LogP contribution in [0.2, 0.25) is 0 Å². The molecule has 0 aromatic carbocycles.